The molecule has 4 heteroatoms. The zero-order valence-corrected chi connectivity index (χ0v) is 21.6. The van der Waals surface area contributed by atoms with Crippen LogP contribution >= 0.6 is 0 Å². The van der Waals surface area contributed by atoms with Crippen LogP contribution in [0.4, 0.5) is 34.1 Å². The van der Waals surface area contributed by atoms with Crippen molar-refractivity contribution in [1.29, 1.82) is 0 Å². The molecule has 0 radical (unpaired) electrons. The van der Waals surface area contributed by atoms with E-state index >= 15 is 0 Å². The summed E-state index contributed by atoms with van der Waals surface area (Å²) in [6.07, 6.45) is 0. The van der Waals surface area contributed by atoms with Crippen molar-refractivity contribution < 1.29 is 0 Å². The molecule has 2 aromatic heterocycles. The van der Waals surface area contributed by atoms with E-state index in [1.54, 1.807) is 0 Å². The molecule has 0 unspecified atom stereocenters. The first-order chi connectivity index (χ1) is 19.9. The van der Waals surface area contributed by atoms with Crippen LogP contribution in [-0.4, -0.2) is 9.97 Å². The van der Waals surface area contributed by atoms with Gasteiger partial charge in [0.05, 0.1) is 33.8 Å². The third-order valence-corrected chi connectivity index (χ3v) is 8.22. The van der Waals surface area contributed by atoms with E-state index < -0.39 is 0 Å². The zero-order valence-electron chi connectivity index (χ0n) is 21.6. The van der Waals surface area contributed by atoms with Gasteiger partial charge in [0.25, 0.3) is 0 Å². The number of hydrogen-bond donors (Lipinski definition) is 2. The van der Waals surface area contributed by atoms with E-state index in [-0.39, 0.29) is 0 Å². The fourth-order valence-electron chi connectivity index (χ4n) is 6.53. The van der Waals surface area contributed by atoms with Gasteiger partial charge < -0.3 is 19.8 Å². The minimum Gasteiger partial charge on any atom is -0.353 e. The predicted octanol–water partition coefficient (Wildman–Crippen LogP) is 10.2. The Kier molecular flexibility index (Phi) is 4.30. The summed E-state index contributed by atoms with van der Waals surface area (Å²) >= 11 is 0. The Bertz CT molecular complexity index is 2060. The third kappa shape index (κ3) is 2.85. The van der Waals surface area contributed by atoms with Crippen molar-refractivity contribution in [2.45, 2.75) is 0 Å². The summed E-state index contributed by atoms with van der Waals surface area (Å²) in [5.41, 5.74) is 11.3. The molecule has 0 fully saturated rings. The number of H-pyrrole nitrogens is 2. The molecule has 0 saturated carbocycles. The molecular weight excluding hydrogens is 488 g/mol. The van der Waals surface area contributed by atoms with Crippen molar-refractivity contribution in [3.05, 3.63) is 133 Å². The minimum absolute atomic E-state index is 1.12. The number of nitrogens with zero attached hydrogens (tertiary/aromatic N) is 2. The number of rotatable bonds is 2. The van der Waals surface area contributed by atoms with Crippen molar-refractivity contribution >= 4 is 77.7 Å². The molecule has 0 aliphatic carbocycles. The van der Waals surface area contributed by atoms with E-state index in [4.69, 9.17) is 0 Å². The lowest BCUT2D eigenvalue weighted by atomic mass is 10.00. The van der Waals surface area contributed by atoms with E-state index in [2.05, 4.69) is 153 Å². The molecule has 0 saturated heterocycles. The molecule has 0 spiro atoms. The first kappa shape index (κ1) is 21.5. The zero-order chi connectivity index (χ0) is 26.2. The highest BCUT2D eigenvalue weighted by Gasteiger charge is 2.34. The van der Waals surface area contributed by atoms with Crippen LogP contribution in [0.1, 0.15) is 0 Å². The van der Waals surface area contributed by atoms with Crippen LogP contribution in [-0.2, 0) is 0 Å². The van der Waals surface area contributed by atoms with Gasteiger partial charge in [0.1, 0.15) is 0 Å². The van der Waals surface area contributed by atoms with Crippen LogP contribution in [0.5, 0.6) is 0 Å². The topological polar surface area (TPSA) is 38.1 Å². The number of aromatic amines is 2. The third-order valence-electron chi connectivity index (χ3n) is 8.22. The number of benzene rings is 6. The molecule has 188 valence electrons. The highest BCUT2D eigenvalue weighted by atomic mass is 15.3. The van der Waals surface area contributed by atoms with Gasteiger partial charge in [0.15, 0.2) is 0 Å². The molecule has 2 N–H and O–H groups in total. The summed E-state index contributed by atoms with van der Waals surface area (Å²) in [7, 11) is 0. The molecule has 6 aromatic carbocycles. The summed E-state index contributed by atoms with van der Waals surface area (Å²) in [6, 6.07) is 47.7. The summed E-state index contributed by atoms with van der Waals surface area (Å²) in [5.74, 6) is 0. The van der Waals surface area contributed by atoms with Gasteiger partial charge in [-0.1, -0.05) is 72.8 Å². The summed E-state index contributed by atoms with van der Waals surface area (Å²) < 4.78 is 0. The van der Waals surface area contributed by atoms with E-state index in [0.29, 0.717) is 0 Å². The van der Waals surface area contributed by atoms with Crippen molar-refractivity contribution in [2.75, 3.05) is 9.80 Å². The molecule has 3 heterocycles. The summed E-state index contributed by atoms with van der Waals surface area (Å²) in [6.45, 7) is 0. The number of nitrogens with one attached hydrogen (secondary N) is 2. The number of aromatic nitrogens is 2. The molecular formula is C36H24N4. The van der Waals surface area contributed by atoms with Gasteiger partial charge in [-0.05, 0) is 60.7 Å². The van der Waals surface area contributed by atoms with Crippen molar-refractivity contribution in [1.82, 2.24) is 9.97 Å². The molecule has 8 aromatic rings. The van der Waals surface area contributed by atoms with Gasteiger partial charge >= 0.3 is 0 Å². The first-order valence-corrected chi connectivity index (χ1v) is 13.6. The predicted molar refractivity (Wildman–Crippen MR) is 168 cm³/mol. The molecule has 0 atom stereocenters. The standard InChI is InChI=1S/C36H24N4/c1-3-11-23(12-4-1)39-31-21-19-28-26-16-8-10-18-30(26)38-34(28)36(31)40(24-13-5-2-6-14-24)32-22-20-27-25-15-7-9-17-29(25)37-33(27)35(32)39/h1-22,37-38H. The van der Waals surface area contributed by atoms with Crippen LogP contribution in [0.3, 0.4) is 0 Å². The van der Waals surface area contributed by atoms with Crippen LogP contribution in [0.2, 0.25) is 0 Å². The molecule has 0 amide bonds. The molecule has 9 rings (SSSR count). The van der Waals surface area contributed by atoms with Crippen LogP contribution < -0.4 is 9.80 Å². The lowest BCUT2D eigenvalue weighted by Gasteiger charge is -2.40. The number of hydrogen-bond acceptors (Lipinski definition) is 2. The highest BCUT2D eigenvalue weighted by molar-refractivity contribution is 6.22. The number of fused-ring (bicyclic) bond motifs is 10. The normalized spacial score (nSPS) is 12.9. The van der Waals surface area contributed by atoms with E-state index in [1.807, 2.05) is 0 Å². The molecule has 4 nitrogen and oxygen atoms in total. The monoisotopic (exact) mass is 512 g/mol. The average Bonchev–Trinajstić information content (AvgIpc) is 3.59. The maximum Gasteiger partial charge on any atom is 0.0948 e. The second-order valence-electron chi connectivity index (χ2n) is 10.4. The average molecular weight is 513 g/mol. The van der Waals surface area contributed by atoms with Gasteiger partial charge in [0.2, 0.25) is 0 Å². The number of para-hydroxylation sites is 4. The maximum atomic E-state index is 3.79. The van der Waals surface area contributed by atoms with Gasteiger partial charge in [-0.15, -0.1) is 0 Å². The van der Waals surface area contributed by atoms with E-state index in [1.165, 1.54) is 21.5 Å². The molecule has 1 aliphatic heterocycles. The smallest absolute Gasteiger partial charge is 0.0948 e. The first-order valence-electron chi connectivity index (χ1n) is 13.6. The molecule has 0 bridgehead atoms. The molecule has 1 aliphatic rings. The maximum absolute atomic E-state index is 3.79. The van der Waals surface area contributed by atoms with Crippen molar-refractivity contribution in [2.24, 2.45) is 0 Å². The fourth-order valence-corrected chi connectivity index (χ4v) is 6.53. The van der Waals surface area contributed by atoms with E-state index in [9.17, 15) is 0 Å². The van der Waals surface area contributed by atoms with Gasteiger partial charge in [0, 0.05) is 44.0 Å². The number of anilines is 6. The Balaban J connectivity index is 1.47. The quantitative estimate of drug-likeness (QED) is 0.242. The van der Waals surface area contributed by atoms with Crippen molar-refractivity contribution in [3.8, 4) is 0 Å². The largest absolute Gasteiger partial charge is 0.353 e. The van der Waals surface area contributed by atoms with Crippen LogP contribution in [0.25, 0.3) is 43.6 Å². The lowest BCUT2D eigenvalue weighted by molar-refractivity contribution is 1.18. The second kappa shape index (κ2) is 8.01. The Morgan fingerprint density at radius 3 is 1.20 bits per heavy atom. The molecule has 40 heavy (non-hydrogen) atoms. The summed E-state index contributed by atoms with van der Waals surface area (Å²) in [5, 5.41) is 4.91. The minimum atomic E-state index is 1.12. The van der Waals surface area contributed by atoms with Crippen LogP contribution in [0.15, 0.2) is 133 Å². The van der Waals surface area contributed by atoms with Crippen molar-refractivity contribution in [3.63, 3.8) is 0 Å². The van der Waals surface area contributed by atoms with Crippen LogP contribution in [0, 0.1) is 0 Å². The fraction of sp³-hybridized carbons (Fsp3) is 0. The van der Waals surface area contributed by atoms with Gasteiger partial charge in [-0.25, -0.2) is 0 Å². The Morgan fingerprint density at radius 1 is 0.350 bits per heavy atom. The Hall–Kier alpha value is -5.48. The Morgan fingerprint density at radius 2 is 0.750 bits per heavy atom. The Labute approximate surface area is 230 Å². The second-order valence-corrected chi connectivity index (χ2v) is 10.4. The van der Waals surface area contributed by atoms with Gasteiger partial charge in [-0.2, -0.15) is 0 Å². The summed E-state index contributed by atoms with van der Waals surface area (Å²) in [4.78, 5) is 12.4. The van der Waals surface area contributed by atoms with E-state index in [0.717, 1.165) is 56.2 Å². The SMILES string of the molecule is c1ccc(N2c3ccc4c([nH]c5ccccc54)c3N(c3ccccc3)c3ccc4c([nH]c5ccccc54)c32)cc1. The lowest BCUT2D eigenvalue weighted by Crippen LogP contribution is -2.24. The van der Waals surface area contributed by atoms with Gasteiger partial charge in [-0.3, -0.25) is 0 Å². The highest BCUT2D eigenvalue weighted by Crippen LogP contribution is 2.58.